The highest BCUT2D eigenvalue weighted by atomic mass is 16.6. The normalized spacial score (nSPS) is 13.5. The third kappa shape index (κ3) is 5.99. The molecule has 1 aromatic carbocycles. The Balaban J connectivity index is 2.84. The maximum Gasteiger partial charge on any atom is 0.275 e. The summed E-state index contributed by atoms with van der Waals surface area (Å²) < 4.78 is 5.46. The van der Waals surface area contributed by atoms with Crippen LogP contribution in [0, 0.1) is 10.1 Å². The van der Waals surface area contributed by atoms with Crippen LogP contribution in [0.5, 0.6) is 5.75 Å². The number of non-ortho nitro benzene ring substituents is 1. The summed E-state index contributed by atoms with van der Waals surface area (Å²) in [6, 6.07) is 4.57. The molecule has 1 aromatic rings. The molecule has 6 nitrogen and oxygen atoms in total. The number of nitrogens with zero attached hydrogens (tertiary/aromatic N) is 1. The lowest BCUT2D eigenvalue weighted by Gasteiger charge is -2.23. The molecule has 0 fully saturated rings. The zero-order valence-electron chi connectivity index (χ0n) is 12.9. The minimum atomic E-state index is -0.843. The zero-order valence-corrected chi connectivity index (χ0v) is 12.9. The summed E-state index contributed by atoms with van der Waals surface area (Å²) in [6.45, 7) is 6.55. The molecule has 0 aliphatic heterocycles. The number of hydrogen-bond acceptors (Lipinski definition) is 5. The maximum atomic E-state index is 11.0. The van der Waals surface area contributed by atoms with Gasteiger partial charge in [-0.15, -0.1) is 0 Å². The molecule has 0 saturated heterocycles. The lowest BCUT2D eigenvalue weighted by atomic mass is 10.0. The van der Waals surface area contributed by atoms with Gasteiger partial charge in [0.15, 0.2) is 0 Å². The maximum absolute atomic E-state index is 11.0. The monoisotopic (exact) mass is 296 g/mol. The molecule has 0 aliphatic rings. The Morgan fingerprint density at radius 2 is 2.05 bits per heavy atom. The first-order valence-electron chi connectivity index (χ1n) is 7.26. The lowest BCUT2D eigenvalue weighted by molar-refractivity contribution is -0.384. The molecule has 1 atom stereocenters. The van der Waals surface area contributed by atoms with Crippen LogP contribution in [0.3, 0.4) is 0 Å². The number of ether oxygens (including phenoxy) is 1. The fraction of sp³-hybridized carbons (Fsp3) is 0.600. The van der Waals surface area contributed by atoms with Crippen LogP contribution in [0.2, 0.25) is 0 Å². The first kappa shape index (κ1) is 17.2. The van der Waals surface area contributed by atoms with Crippen molar-refractivity contribution < 1.29 is 14.8 Å². The SMILES string of the molecule is CCCOc1cc(NCC(C)(O)CCC)cc([N+](=O)[O-])c1. The molecule has 0 saturated carbocycles. The molecule has 6 heteroatoms. The van der Waals surface area contributed by atoms with E-state index >= 15 is 0 Å². The van der Waals surface area contributed by atoms with Gasteiger partial charge in [-0.2, -0.15) is 0 Å². The average Bonchev–Trinajstić information content (AvgIpc) is 2.43. The molecule has 1 unspecified atom stereocenters. The van der Waals surface area contributed by atoms with Gasteiger partial charge in [-0.3, -0.25) is 10.1 Å². The van der Waals surface area contributed by atoms with Gasteiger partial charge in [-0.05, 0) is 19.8 Å². The first-order chi connectivity index (χ1) is 9.88. The Labute approximate surface area is 125 Å². The minimum Gasteiger partial charge on any atom is -0.493 e. The van der Waals surface area contributed by atoms with Gasteiger partial charge >= 0.3 is 0 Å². The largest absolute Gasteiger partial charge is 0.493 e. The molecule has 2 N–H and O–H groups in total. The second-order valence-electron chi connectivity index (χ2n) is 5.42. The van der Waals surface area contributed by atoms with E-state index in [4.69, 9.17) is 4.74 Å². The van der Waals surface area contributed by atoms with Crippen molar-refractivity contribution in [3.8, 4) is 5.75 Å². The highest BCUT2D eigenvalue weighted by molar-refractivity contribution is 5.56. The number of rotatable bonds is 9. The summed E-state index contributed by atoms with van der Waals surface area (Å²) in [6.07, 6.45) is 2.36. The van der Waals surface area contributed by atoms with Gasteiger partial charge in [0.25, 0.3) is 5.69 Å². The van der Waals surface area contributed by atoms with Crippen LogP contribution in [0.4, 0.5) is 11.4 Å². The summed E-state index contributed by atoms with van der Waals surface area (Å²) in [7, 11) is 0. The minimum absolute atomic E-state index is 0.0266. The van der Waals surface area contributed by atoms with Gasteiger partial charge in [-0.25, -0.2) is 0 Å². The number of nitro groups is 1. The smallest absolute Gasteiger partial charge is 0.275 e. The highest BCUT2D eigenvalue weighted by Crippen LogP contribution is 2.27. The fourth-order valence-corrected chi connectivity index (χ4v) is 2.01. The van der Waals surface area contributed by atoms with Crippen molar-refractivity contribution in [2.24, 2.45) is 0 Å². The number of hydrogen-bond donors (Lipinski definition) is 2. The predicted octanol–water partition coefficient (Wildman–Crippen LogP) is 3.35. The second kappa shape index (κ2) is 7.83. The van der Waals surface area contributed by atoms with E-state index in [1.807, 2.05) is 13.8 Å². The molecule has 0 radical (unpaired) electrons. The summed E-state index contributed by atoms with van der Waals surface area (Å²) in [5, 5.41) is 24.1. The number of anilines is 1. The van der Waals surface area contributed by atoms with Crippen LogP contribution in [-0.2, 0) is 0 Å². The lowest BCUT2D eigenvalue weighted by Crippen LogP contribution is -2.33. The molecule has 118 valence electrons. The third-order valence-electron chi connectivity index (χ3n) is 3.04. The van der Waals surface area contributed by atoms with Gasteiger partial charge in [0.1, 0.15) is 5.75 Å². The molecular weight excluding hydrogens is 272 g/mol. The van der Waals surface area contributed by atoms with Gasteiger partial charge in [0.2, 0.25) is 0 Å². The molecule has 0 spiro atoms. The number of benzene rings is 1. The van der Waals surface area contributed by atoms with E-state index in [-0.39, 0.29) is 5.69 Å². The van der Waals surface area contributed by atoms with Crippen molar-refractivity contribution in [3.63, 3.8) is 0 Å². The molecule has 0 aromatic heterocycles. The Hall–Kier alpha value is -1.82. The molecule has 0 heterocycles. The van der Waals surface area contributed by atoms with Crippen molar-refractivity contribution in [2.45, 2.75) is 45.6 Å². The van der Waals surface area contributed by atoms with Crippen LogP contribution < -0.4 is 10.1 Å². The standard InChI is InChI=1S/C15H24N2O4/c1-4-6-15(3,18)11-16-12-8-13(17(19)20)10-14(9-12)21-7-5-2/h8-10,16,18H,4-7,11H2,1-3H3. The Bertz CT molecular complexity index is 475. The van der Waals surface area contributed by atoms with Gasteiger partial charge in [0.05, 0.1) is 23.2 Å². The fourth-order valence-electron chi connectivity index (χ4n) is 2.01. The van der Waals surface area contributed by atoms with Crippen LogP contribution in [-0.4, -0.2) is 28.8 Å². The van der Waals surface area contributed by atoms with E-state index in [1.165, 1.54) is 12.1 Å². The topological polar surface area (TPSA) is 84.6 Å². The van der Waals surface area contributed by atoms with Crippen LogP contribution in [0.15, 0.2) is 18.2 Å². The van der Waals surface area contributed by atoms with Gasteiger partial charge in [-0.1, -0.05) is 20.3 Å². The molecule has 0 aliphatic carbocycles. The summed E-state index contributed by atoms with van der Waals surface area (Å²) in [4.78, 5) is 10.5. The summed E-state index contributed by atoms with van der Waals surface area (Å²) >= 11 is 0. The van der Waals surface area contributed by atoms with E-state index in [9.17, 15) is 15.2 Å². The molecule has 1 rings (SSSR count). The Morgan fingerprint density at radius 3 is 2.62 bits per heavy atom. The molecule has 0 amide bonds. The van der Waals surface area contributed by atoms with Crippen LogP contribution >= 0.6 is 0 Å². The molecule has 0 bridgehead atoms. The Kier molecular flexibility index (Phi) is 6.42. The number of nitrogens with one attached hydrogen (secondary N) is 1. The van der Waals surface area contributed by atoms with E-state index in [1.54, 1.807) is 13.0 Å². The van der Waals surface area contributed by atoms with Crippen LogP contribution in [0.1, 0.15) is 40.0 Å². The van der Waals surface area contributed by atoms with E-state index in [0.29, 0.717) is 31.0 Å². The quantitative estimate of drug-likeness (QED) is 0.539. The summed E-state index contributed by atoms with van der Waals surface area (Å²) in [5.41, 5.74) is -0.294. The van der Waals surface area contributed by atoms with Crippen molar-refractivity contribution in [1.82, 2.24) is 0 Å². The molecular formula is C15H24N2O4. The van der Waals surface area contributed by atoms with E-state index in [0.717, 1.165) is 12.8 Å². The van der Waals surface area contributed by atoms with Crippen molar-refractivity contribution in [2.75, 3.05) is 18.5 Å². The van der Waals surface area contributed by atoms with Crippen molar-refractivity contribution in [1.29, 1.82) is 0 Å². The first-order valence-corrected chi connectivity index (χ1v) is 7.26. The average molecular weight is 296 g/mol. The van der Waals surface area contributed by atoms with E-state index < -0.39 is 10.5 Å². The second-order valence-corrected chi connectivity index (χ2v) is 5.42. The van der Waals surface area contributed by atoms with Gasteiger partial charge < -0.3 is 15.2 Å². The number of aliphatic hydroxyl groups is 1. The van der Waals surface area contributed by atoms with E-state index in [2.05, 4.69) is 5.32 Å². The van der Waals surface area contributed by atoms with Crippen molar-refractivity contribution >= 4 is 11.4 Å². The predicted molar refractivity (Wildman–Crippen MR) is 82.9 cm³/mol. The zero-order chi connectivity index (χ0) is 15.9. The summed E-state index contributed by atoms with van der Waals surface area (Å²) in [5.74, 6) is 0.462. The third-order valence-corrected chi connectivity index (χ3v) is 3.04. The van der Waals surface area contributed by atoms with Crippen LogP contribution in [0.25, 0.3) is 0 Å². The highest BCUT2D eigenvalue weighted by Gasteiger charge is 2.19. The van der Waals surface area contributed by atoms with Gasteiger partial charge in [0, 0.05) is 24.4 Å². The number of nitro benzene ring substituents is 1. The van der Waals surface area contributed by atoms with Crippen molar-refractivity contribution in [3.05, 3.63) is 28.3 Å². The molecule has 21 heavy (non-hydrogen) atoms. The Morgan fingerprint density at radius 1 is 1.33 bits per heavy atom.